The van der Waals surface area contributed by atoms with Crippen LogP contribution in [0.4, 0.5) is 0 Å². The van der Waals surface area contributed by atoms with E-state index >= 15 is 0 Å². The van der Waals surface area contributed by atoms with Gasteiger partial charge in [-0.3, -0.25) is 0 Å². The minimum atomic E-state index is -0.298. The van der Waals surface area contributed by atoms with E-state index in [0.29, 0.717) is 0 Å². The number of ether oxygens (including phenoxy) is 2. The molecule has 0 unspecified atom stereocenters. The first kappa shape index (κ1) is 28.4. The maximum absolute atomic E-state index is 6.25. The first-order valence-corrected chi connectivity index (χ1v) is 15.0. The first-order valence-electron chi connectivity index (χ1n) is 11.9. The molecule has 37 heavy (non-hydrogen) atoms. The van der Waals surface area contributed by atoms with Gasteiger partial charge in [0.15, 0.2) is 11.5 Å². The third-order valence-electron chi connectivity index (χ3n) is 6.84. The van der Waals surface area contributed by atoms with E-state index < -0.39 is 0 Å². The fourth-order valence-corrected chi connectivity index (χ4v) is 6.69. The van der Waals surface area contributed by atoms with Crippen LogP contribution in [0.15, 0.2) is 78.6 Å². The number of hydrogen-bond acceptors (Lipinski definition) is 2. The van der Waals surface area contributed by atoms with Crippen LogP contribution in [-0.4, -0.2) is 0 Å². The Balaban J connectivity index is 1.65. The van der Waals surface area contributed by atoms with E-state index in [0.717, 1.165) is 52.0 Å². The van der Waals surface area contributed by atoms with Gasteiger partial charge in [-0.2, -0.15) is 0 Å². The predicted molar refractivity (Wildman–Crippen MR) is 168 cm³/mol. The third kappa shape index (κ3) is 6.19. The van der Waals surface area contributed by atoms with E-state index in [1.807, 2.05) is 12.1 Å². The van der Waals surface area contributed by atoms with Crippen LogP contribution in [0.25, 0.3) is 0 Å². The zero-order valence-corrected chi connectivity index (χ0v) is 27.9. The third-order valence-corrected chi connectivity index (χ3v) is 9.19. The molecule has 0 N–H and O–H groups in total. The molecule has 0 saturated carbocycles. The summed E-state index contributed by atoms with van der Waals surface area (Å²) in [5.41, 5.74) is 6.86. The lowest BCUT2D eigenvalue weighted by Crippen LogP contribution is -2.19. The largest absolute Gasteiger partial charge is 0.455 e. The predicted octanol–water partition coefficient (Wildman–Crippen LogP) is 11.9. The van der Waals surface area contributed by atoms with E-state index in [-0.39, 0.29) is 5.41 Å². The topological polar surface area (TPSA) is 18.5 Å². The Labute approximate surface area is 253 Å². The Morgan fingerprint density at radius 3 is 1.11 bits per heavy atom. The Bertz CT molecular complexity index is 1330. The fraction of sp³-hybridized carbons (Fsp3) is 0.226. The molecule has 0 aliphatic carbocycles. The summed E-state index contributed by atoms with van der Waals surface area (Å²) in [6.07, 6.45) is 0. The second kappa shape index (κ2) is 11.3. The Morgan fingerprint density at radius 2 is 0.811 bits per heavy atom. The van der Waals surface area contributed by atoms with Crippen molar-refractivity contribution in [3.05, 3.63) is 112 Å². The van der Waals surface area contributed by atoms with Crippen LogP contribution in [0.2, 0.25) is 0 Å². The molecule has 0 amide bonds. The summed E-state index contributed by atoms with van der Waals surface area (Å²) in [5, 5.41) is 0. The number of halogens is 4. The molecule has 0 fully saturated rings. The quantitative estimate of drug-likeness (QED) is 0.195. The summed E-state index contributed by atoms with van der Waals surface area (Å²) in [5.74, 6) is 3.12. The highest BCUT2D eigenvalue weighted by molar-refractivity contribution is 9.11. The number of rotatable bonds is 6. The van der Waals surface area contributed by atoms with E-state index in [1.54, 1.807) is 0 Å². The van der Waals surface area contributed by atoms with Crippen molar-refractivity contribution in [1.29, 1.82) is 0 Å². The van der Waals surface area contributed by atoms with Crippen molar-refractivity contribution in [1.82, 2.24) is 0 Å². The highest BCUT2D eigenvalue weighted by Crippen LogP contribution is 2.45. The number of hydrogen-bond donors (Lipinski definition) is 0. The van der Waals surface area contributed by atoms with Crippen molar-refractivity contribution in [3.63, 3.8) is 0 Å². The molecule has 0 bridgehead atoms. The van der Waals surface area contributed by atoms with Crippen molar-refractivity contribution in [2.75, 3.05) is 0 Å². The molecule has 0 spiro atoms. The monoisotopic (exact) mass is 748 g/mol. The van der Waals surface area contributed by atoms with Gasteiger partial charge in [0, 0.05) is 5.41 Å². The molecule has 0 aliphatic heterocycles. The van der Waals surface area contributed by atoms with Crippen LogP contribution in [0.3, 0.4) is 0 Å². The number of aryl methyl sites for hydroxylation is 4. The molecule has 0 heterocycles. The van der Waals surface area contributed by atoms with Crippen molar-refractivity contribution in [3.8, 4) is 23.0 Å². The van der Waals surface area contributed by atoms with Gasteiger partial charge in [0.1, 0.15) is 11.5 Å². The van der Waals surface area contributed by atoms with Crippen molar-refractivity contribution in [2.45, 2.75) is 47.0 Å². The highest BCUT2D eigenvalue weighted by atomic mass is 79.9. The molecule has 0 aromatic heterocycles. The van der Waals surface area contributed by atoms with Gasteiger partial charge in [0.2, 0.25) is 0 Å². The Hall–Kier alpha value is -1.60. The fourth-order valence-electron chi connectivity index (χ4n) is 3.99. The van der Waals surface area contributed by atoms with Gasteiger partial charge in [-0.25, -0.2) is 0 Å². The van der Waals surface area contributed by atoms with E-state index in [4.69, 9.17) is 9.47 Å². The standard InChI is InChI=1S/C31H28Br4O2/c1-17-7-9-23(11-19(17)3)36-29-25(32)13-21(14-26(29)33)31(5,6)22-15-27(34)30(28(35)16-22)37-24-10-8-18(2)20(4)12-24/h7-16H,1-6H3. The molecule has 0 radical (unpaired) electrons. The van der Waals surface area contributed by atoms with Crippen LogP contribution < -0.4 is 9.47 Å². The first-order chi connectivity index (χ1) is 17.4. The van der Waals surface area contributed by atoms with Crippen molar-refractivity contribution >= 4 is 63.7 Å². The van der Waals surface area contributed by atoms with Gasteiger partial charge in [-0.15, -0.1) is 0 Å². The van der Waals surface area contributed by atoms with E-state index in [1.165, 1.54) is 22.3 Å². The van der Waals surface area contributed by atoms with Crippen LogP contribution in [-0.2, 0) is 5.41 Å². The normalized spacial score (nSPS) is 11.5. The average molecular weight is 752 g/mol. The lowest BCUT2D eigenvalue weighted by Gasteiger charge is -2.28. The van der Waals surface area contributed by atoms with Gasteiger partial charge < -0.3 is 9.47 Å². The van der Waals surface area contributed by atoms with Crippen LogP contribution in [0.1, 0.15) is 47.2 Å². The minimum Gasteiger partial charge on any atom is -0.455 e. The SMILES string of the molecule is Cc1ccc(Oc2c(Br)cc(C(C)(C)c3cc(Br)c(Oc4ccc(C)c(C)c4)c(Br)c3)cc2Br)cc1C. The van der Waals surface area contributed by atoms with E-state index in [9.17, 15) is 0 Å². The lowest BCUT2D eigenvalue weighted by molar-refractivity contribution is 0.474. The van der Waals surface area contributed by atoms with Crippen LogP contribution in [0, 0.1) is 27.7 Å². The van der Waals surface area contributed by atoms with Crippen molar-refractivity contribution in [2.24, 2.45) is 0 Å². The summed E-state index contributed by atoms with van der Waals surface area (Å²) in [4.78, 5) is 0. The minimum absolute atomic E-state index is 0.298. The summed E-state index contributed by atoms with van der Waals surface area (Å²) in [6.45, 7) is 12.8. The van der Waals surface area contributed by atoms with Gasteiger partial charge in [0.05, 0.1) is 17.9 Å². The molecule has 192 valence electrons. The van der Waals surface area contributed by atoms with Gasteiger partial charge in [0.25, 0.3) is 0 Å². The molecule has 0 aliphatic rings. The second-order valence-corrected chi connectivity index (χ2v) is 13.3. The maximum atomic E-state index is 6.25. The lowest BCUT2D eigenvalue weighted by atomic mass is 9.78. The maximum Gasteiger partial charge on any atom is 0.155 e. The summed E-state index contributed by atoms with van der Waals surface area (Å²) >= 11 is 15.0. The van der Waals surface area contributed by atoms with Crippen LogP contribution in [0.5, 0.6) is 23.0 Å². The molecule has 4 aromatic carbocycles. The average Bonchev–Trinajstić information content (AvgIpc) is 2.82. The van der Waals surface area contributed by atoms with Crippen LogP contribution >= 0.6 is 63.7 Å². The number of benzene rings is 4. The summed E-state index contributed by atoms with van der Waals surface area (Å²) in [6, 6.07) is 20.8. The van der Waals surface area contributed by atoms with Gasteiger partial charge in [-0.1, -0.05) is 26.0 Å². The summed E-state index contributed by atoms with van der Waals surface area (Å²) in [7, 11) is 0. The second-order valence-electron chi connectivity index (χ2n) is 9.86. The molecule has 2 nitrogen and oxygen atoms in total. The smallest absolute Gasteiger partial charge is 0.155 e. The molecule has 4 rings (SSSR count). The Morgan fingerprint density at radius 1 is 0.486 bits per heavy atom. The Kier molecular flexibility index (Phi) is 8.64. The zero-order valence-electron chi connectivity index (χ0n) is 21.6. The molecule has 0 saturated heterocycles. The molecule has 6 heteroatoms. The summed E-state index contributed by atoms with van der Waals surface area (Å²) < 4.78 is 16.0. The molecule has 4 aromatic rings. The van der Waals surface area contributed by atoms with E-state index in [2.05, 4.69) is 154 Å². The molecular formula is C31H28Br4O2. The molecular weight excluding hydrogens is 724 g/mol. The van der Waals surface area contributed by atoms with Gasteiger partial charge >= 0.3 is 0 Å². The zero-order chi connectivity index (χ0) is 27.1. The van der Waals surface area contributed by atoms with Crippen molar-refractivity contribution < 1.29 is 9.47 Å². The highest BCUT2D eigenvalue weighted by Gasteiger charge is 2.27. The molecule has 0 atom stereocenters. The van der Waals surface area contributed by atoms with Gasteiger partial charge in [-0.05, 0) is 173 Å².